The summed E-state index contributed by atoms with van der Waals surface area (Å²) in [5.74, 6) is -0.359. The van der Waals surface area contributed by atoms with E-state index in [4.69, 9.17) is 16.9 Å². The lowest BCUT2D eigenvalue weighted by Gasteiger charge is -2.07. The summed E-state index contributed by atoms with van der Waals surface area (Å²) in [6.45, 7) is 0. The zero-order valence-electron chi connectivity index (χ0n) is 6.85. The van der Waals surface area contributed by atoms with Crippen LogP contribution in [0.15, 0.2) is 18.2 Å². The molecular formula is C10H7ClFN. The molecule has 0 heterocycles. The first-order valence-corrected chi connectivity index (χ1v) is 4.42. The van der Waals surface area contributed by atoms with Crippen molar-refractivity contribution in [3.63, 3.8) is 0 Å². The van der Waals surface area contributed by atoms with Crippen LogP contribution in [0.2, 0.25) is 5.02 Å². The molecule has 0 amide bonds. The fourth-order valence-electron chi connectivity index (χ4n) is 1.44. The highest BCUT2D eigenvalue weighted by Gasteiger charge is 2.46. The van der Waals surface area contributed by atoms with Crippen LogP contribution in [-0.2, 0) is 5.41 Å². The molecule has 1 aromatic rings. The van der Waals surface area contributed by atoms with Gasteiger partial charge >= 0.3 is 0 Å². The normalized spacial score (nSPS) is 17.9. The minimum Gasteiger partial charge on any atom is -0.207 e. The molecule has 0 saturated heterocycles. The second-order valence-corrected chi connectivity index (χ2v) is 3.73. The lowest BCUT2D eigenvalue weighted by atomic mass is 9.98. The third kappa shape index (κ3) is 1.30. The largest absolute Gasteiger partial charge is 0.207 e. The summed E-state index contributed by atoms with van der Waals surface area (Å²) in [6.07, 6.45) is 1.66. The first-order chi connectivity index (χ1) is 6.18. The van der Waals surface area contributed by atoms with Crippen molar-refractivity contribution >= 4 is 11.6 Å². The van der Waals surface area contributed by atoms with Crippen molar-refractivity contribution < 1.29 is 4.39 Å². The van der Waals surface area contributed by atoms with E-state index in [1.165, 1.54) is 12.1 Å². The Morgan fingerprint density at radius 1 is 1.46 bits per heavy atom. The molecule has 1 aliphatic rings. The molecule has 0 aliphatic heterocycles. The third-order valence-electron chi connectivity index (χ3n) is 2.41. The van der Waals surface area contributed by atoms with Gasteiger partial charge in [0.1, 0.15) is 5.82 Å². The molecule has 1 fully saturated rings. The summed E-state index contributed by atoms with van der Waals surface area (Å²) < 4.78 is 12.7. The quantitative estimate of drug-likeness (QED) is 0.676. The van der Waals surface area contributed by atoms with Gasteiger partial charge in [0.2, 0.25) is 0 Å². The van der Waals surface area contributed by atoms with E-state index in [2.05, 4.69) is 6.07 Å². The molecule has 1 saturated carbocycles. The van der Waals surface area contributed by atoms with Crippen LogP contribution in [0.5, 0.6) is 0 Å². The van der Waals surface area contributed by atoms with Crippen molar-refractivity contribution in [1.29, 1.82) is 5.26 Å². The maximum Gasteiger partial charge on any atom is 0.124 e. The molecule has 2 rings (SSSR count). The van der Waals surface area contributed by atoms with E-state index in [0.717, 1.165) is 18.4 Å². The van der Waals surface area contributed by atoms with Crippen LogP contribution in [0, 0.1) is 17.1 Å². The van der Waals surface area contributed by atoms with E-state index < -0.39 is 5.41 Å². The minimum absolute atomic E-state index is 0.359. The van der Waals surface area contributed by atoms with Gasteiger partial charge in [0.05, 0.1) is 11.5 Å². The minimum atomic E-state index is -0.426. The van der Waals surface area contributed by atoms with Crippen LogP contribution < -0.4 is 0 Å². The molecule has 0 spiro atoms. The molecule has 0 unspecified atom stereocenters. The van der Waals surface area contributed by atoms with Gasteiger partial charge in [0, 0.05) is 5.02 Å². The van der Waals surface area contributed by atoms with Gasteiger partial charge in [0.25, 0.3) is 0 Å². The Labute approximate surface area is 80.7 Å². The first-order valence-electron chi connectivity index (χ1n) is 4.05. The Bertz CT molecular complexity index is 390. The standard InChI is InChI=1S/C10H7ClFN/c11-9-5-7(12)1-2-8(9)10(6-13)3-4-10/h1-2,5H,3-4H2. The monoisotopic (exact) mass is 195 g/mol. The third-order valence-corrected chi connectivity index (χ3v) is 2.72. The van der Waals surface area contributed by atoms with E-state index in [1.54, 1.807) is 6.07 Å². The molecule has 0 N–H and O–H groups in total. The van der Waals surface area contributed by atoms with Crippen LogP contribution in [0.3, 0.4) is 0 Å². The van der Waals surface area contributed by atoms with Crippen molar-refractivity contribution in [2.75, 3.05) is 0 Å². The predicted octanol–water partition coefficient (Wildman–Crippen LogP) is 3.03. The van der Waals surface area contributed by atoms with Gasteiger partial charge in [-0.3, -0.25) is 0 Å². The van der Waals surface area contributed by atoms with Gasteiger partial charge in [-0.15, -0.1) is 0 Å². The zero-order valence-corrected chi connectivity index (χ0v) is 7.61. The van der Waals surface area contributed by atoms with Crippen molar-refractivity contribution in [1.82, 2.24) is 0 Å². The Hall–Kier alpha value is -1.07. The van der Waals surface area contributed by atoms with Crippen molar-refractivity contribution in [3.8, 4) is 6.07 Å². The Kier molecular flexibility index (Phi) is 1.78. The average molecular weight is 196 g/mol. The number of rotatable bonds is 1. The van der Waals surface area contributed by atoms with Gasteiger partial charge in [0.15, 0.2) is 0 Å². The molecule has 1 aliphatic carbocycles. The molecule has 0 radical (unpaired) electrons. The summed E-state index contributed by atoms with van der Waals surface area (Å²) in [6, 6.07) is 6.43. The van der Waals surface area contributed by atoms with Gasteiger partial charge < -0.3 is 0 Å². The molecule has 0 aromatic heterocycles. The molecule has 3 heteroatoms. The molecular weight excluding hydrogens is 189 g/mol. The molecule has 1 nitrogen and oxygen atoms in total. The van der Waals surface area contributed by atoms with Crippen molar-refractivity contribution in [3.05, 3.63) is 34.6 Å². The summed E-state index contributed by atoms with van der Waals surface area (Å²) >= 11 is 5.84. The number of nitrogens with zero attached hydrogens (tertiary/aromatic N) is 1. The van der Waals surface area contributed by atoms with Crippen LogP contribution in [0.1, 0.15) is 18.4 Å². The van der Waals surface area contributed by atoms with Gasteiger partial charge in [-0.2, -0.15) is 5.26 Å². The summed E-state index contributed by atoms with van der Waals surface area (Å²) in [4.78, 5) is 0. The highest BCUT2D eigenvalue weighted by molar-refractivity contribution is 6.31. The number of nitriles is 1. The van der Waals surface area contributed by atoms with Crippen molar-refractivity contribution in [2.24, 2.45) is 0 Å². The lowest BCUT2D eigenvalue weighted by molar-refractivity contribution is 0.626. The molecule has 0 bridgehead atoms. The molecule has 1 aromatic carbocycles. The van der Waals surface area contributed by atoms with Crippen LogP contribution in [-0.4, -0.2) is 0 Å². The van der Waals surface area contributed by atoms with E-state index in [9.17, 15) is 4.39 Å². The van der Waals surface area contributed by atoms with Gasteiger partial charge in [-0.05, 0) is 30.5 Å². The molecule has 13 heavy (non-hydrogen) atoms. The maximum absolute atomic E-state index is 12.7. The lowest BCUT2D eigenvalue weighted by Crippen LogP contribution is -2.03. The number of hydrogen-bond donors (Lipinski definition) is 0. The van der Waals surface area contributed by atoms with E-state index in [1.807, 2.05) is 0 Å². The first kappa shape index (κ1) is 8.52. The van der Waals surface area contributed by atoms with Crippen LogP contribution in [0.4, 0.5) is 4.39 Å². The molecule has 0 atom stereocenters. The average Bonchev–Trinajstić information content (AvgIpc) is 2.85. The van der Waals surface area contributed by atoms with Crippen molar-refractivity contribution in [2.45, 2.75) is 18.3 Å². The van der Waals surface area contributed by atoms with E-state index in [0.29, 0.717) is 5.02 Å². The number of benzene rings is 1. The van der Waals surface area contributed by atoms with Crippen LogP contribution >= 0.6 is 11.6 Å². The summed E-state index contributed by atoms with van der Waals surface area (Å²) in [7, 11) is 0. The second-order valence-electron chi connectivity index (χ2n) is 3.32. The van der Waals surface area contributed by atoms with E-state index in [-0.39, 0.29) is 5.82 Å². The van der Waals surface area contributed by atoms with Gasteiger partial charge in [-0.1, -0.05) is 17.7 Å². The zero-order chi connectivity index (χ0) is 9.47. The fourth-order valence-corrected chi connectivity index (χ4v) is 1.79. The molecule has 66 valence electrons. The Balaban J connectivity index is 2.48. The summed E-state index contributed by atoms with van der Waals surface area (Å²) in [5.41, 5.74) is 0.336. The smallest absolute Gasteiger partial charge is 0.124 e. The Morgan fingerprint density at radius 2 is 2.15 bits per heavy atom. The summed E-state index contributed by atoms with van der Waals surface area (Å²) in [5, 5.41) is 9.26. The SMILES string of the molecule is N#CC1(c2ccc(F)cc2Cl)CC1. The topological polar surface area (TPSA) is 23.8 Å². The van der Waals surface area contributed by atoms with E-state index >= 15 is 0 Å². The number of hydrogen-bond acceptors (Lipinski definition) is 1. The highest BCUT2D eigenvalue weighted by atomic mass is 35.5. The second kappa shape index (κ2) is 2.71. The van der Waals surface area contributed by atoms with Gasteiger partial charge in [-0.25, -0.2) is 4.39 Å². The number of halogens is 2. The predicted molar refractivity (Wildman–Crippen MR) is 47.9 cm³/mol. The Morgan fingerprint density at radius 3 is 2.62 bits per heavy atom. The fraction of sp³-hybridized carbons (Fsp3) is 0.300. The van der Waals surface area contributed by atoms with Crippen LogP contribution in [0.25, 0.3) is 0 Å². The maximum atomic E-state index is 12.7. The highest BCUT2D eigenvalue weighted by Crippen LogP contribution is 2.49.